The average molecular weight is 323 g/mol. The van der Waals surface area contributed by atoms with Gasteiger partial charge in [0.25, 0.3) is 5.56 Å². The molecule has 3 rings (SSSR count). The molecule has 0 unspecified atom stereocenters. The number of anilines is 2. The third kappa shape index (κ3) is 3.42. The number of rotatable bonds is 5. The van der Waals surface area contributed by atoms with Crippen LogP contribution in [0.25, 0.3) is 10.9 Å². The molecule has 0 fully saturated rings. The molecule has 0 spiro atoms. The van der Waals surface area contributed by atoms with E-state index in [9.17, 15) is 4.79 Å². The van der Waals surface area contributed by atoms with E-state index in [1.54, 1.807) is 0 Å². The number of aromatic nitrogens is 4. The van der Waals surface area contributed by atoms with Crippen LogP contribution in [0.1, 0.15) is 37.2 Å². The zero-order valence-electron chi connectivity index (χ0n) is 14.2. The maximum absolute atomic E-state index is 11.7. The number of aryl methyl sites for hydroxylation is 3. The fourth-order valence-corrected chi connectivity index (χ4v) is 2.66. The molecular weight excluding hydrogens is 302 g/mol. The topological polar surface area (TPSA) is 83.6 Å². The molecule has 0 aliphatic rings. The molecule has 1 aromatic carbocycles. The van der Waals surface area contributed by atoms with Crippen LogP contribution < -0.4 is 10.9 Å². The van der Waals surface area contributed by atoms with Crippen LogP contribution >= 0.6 is 0 Å². The molecule has 0 amide bonds. The fraction of sp³-hybridized carbons (Fsp3) is 0.333. The summed E-state index contributed by atoms with van der Waals surface area (Å²) in [6, 6.07) is 7.71. The molecule has 6 heteroatoms. The van der Waals surface area contributed by atoms with Gasteiger partial charge in [0.2, 0.25) is 11.9 Å². The van der Waals surface area contributed by atoms with E-state index in [0.717, 1.165) is 41.6 Å². The van der Waals surface area contributed by atoms with Crippen molar-refractivity contribution in [3.8, 4) is 0 Å². The molecule has 0 radical (unpaired) electrons. The summed E-state index contributed by atoms with van der Waals surface area (Å²) in [7, 11) is 0. The van der Waals surface area contributed by atoms with Crippen molar-refractivity contribution >= 4 is 22.8 Å². The summed E-state index contributed by atoms with van der Waals surface area (Å²) in [6.45, 7) is 6.13. The Morgan fingerprint density at radius 2 is 1.96 bits per heavy atom. The predicted molar refractivity (Wildman–Crippen MR) is 95.8 cm³/mol. The van der Waals surface area contributed by atoms with Gasteiger partial charge in [0.15, 0.2) is 0 Å². The summed E-state index contributed by atoms with van der Waals surface area (Å²) in [5.41, 5.74) is 3.60. The minimum absolute atomic E-state index is 0.180. The van der Waals surface area contributed by atoms with Crippen molar-refractivity contribution in [2.45, 2.75) is 40.0 Å². The monoisotopic (exact) mass is 323 g/mol. The van der Waals surface area contributed by atoms with Crippen LogP contribution in [-0.4, -0.2) is 19.9 Å². The van der Waals surface area contributed by atoms with Gasteiger partial charge in [-0.3, -0.25) is 15.1 Å². The van der Waals surface area contributed by atoms with Gasteiger partial charge in [0, 0.05) is 17.1 Å². The number of nitrogens with one attached hydrogen (secondary N) is 2. The average Bonchev–Trinajstić information content (AvgIpc) is 2.54. The predicted octanol–water partition coefficient (Wildman–Crippen LogP) is 3.28. The fourth-order valence-electron chi connectivity index (χ4n) is 2.66. The summed E-state index contributed by atoms with van der Waals surface area (Å²) in [5.74, 6) is 0.802. The van der Waals surface area contributed by atoms with Crippen molar-refractivity contribution in [1.82, 2.24) is 19.9 Å². The molecule has 0 aliphatic carbocycles. The van der Waals surface area contributed by atoms with E-state index in [0.29, 0.717) is 11.9 Å². The van der Waals surface area contributed by atoms with Crippen LogP contribution in [-0.2, 0) is 12.8 Å². The van der Waals surface area contributed by atoms with Gasteiger partial charge < -0.3 is 0 Å². The zero-order valence-corrected chi connectivity index (χ0v) is 14.2. The van der Waals surface area contributed by atoms with Gasteiger partial charge in [-0.05, 0) is 37.5 Å². The quantitative estimate of drug-likeness (QED) is 0.753. The number of H-pyrrole nitrogens is 1. The lowest BCUT2D eigenvalue weighted by atomic mass is 10.1. The Hall–Kier alpha value is -2.76. The molecule has 0 saturated carbocycles. The second kappa shape index (κ2) is 6.78. The highest BCUT2D eigenvalue weighted by atomic mass is 16.1. The second-order valence-electron chi connectivity index (χ2n) is 5.80. The highest BCUT2D eigenvalue weighted by Crippen LogP contribution is 2.20. The lowest BCUT2D eigenvalue weighted by Crippen LogP contribution is -2.13. The van der Waals surface area contributed by atoms with Gasteiger partial charge in [-0.15, -0.1) is 0 Å². The van der Waals surface area contributed by atoms with Crippen molar-refractivity contribution < 1.29 is 0 Å². The van der Waals surface area contributed by atoms with Gasteiger partial charge >= 0.3 is 0 Å². The van der Waals surface area contributed by atoms with Crippen molar-refractivity contribution in [3.63, 3.8) is 0 Å². The molecule has 2 aromatic heterocycles. The summed E-state index contributed by atoms with van der Waals surface area (Å²) in [5, 5.41) is 4.06. The molecule has 6 nitrogen and oxygen atoms in total. The number of benzene rings is 1. The summed E-state index contributed by atoms with van der Waals surface area (Å²) < 4.78 is 0. The van der Waals surface area contributed by atoms with E-state index in [-0.39, 0.29) is 5.56 Å². The van der Waals surface area contributed by atoms with E-state index < -0.39 is 0 Å². The second-order valence-corrected chi connectivity index (χ2v) is 5.80. The summed E-state index contributed by atoms with van der Waals surface area (Å²) in [4.78, 5) is 27.9. The first kappa shape index (κ1) is 16.1. The molecule has 24 heavy (non-hydrogen) atoms. The number of hydrogen-bond donors (Lipinski definition) is 2. The molecule has 0 aliphatic heterocycles. The van der Waals surface area contributed by atoms with Crippen molar-refractivity contribution in [1.29, 1.82) is 0 Å². The first-order valence-corrected chi connectivity index (χ1v) is 8.23. The Kier molecular flexibility index (Phi) is 4.55. The van der Waals surface area contributed by atoms with Gasteiger partial charge in [0.1, 0.15) is 0 Å². The van der Waals surface area contributed by atoms with Crippen LogP contribution in [0.4, 0.5) is 11.9 Å². The van der Waals surface area contributed by atoms with Gasteiger partial charge in [-0.2, -0.15) is 0 Å². The maximum Gasteiger partial charge on any atom is 0.252 e. The Morgan fingerprint density at radius 1 is 1.12 bits per heavy atom. The Bertz CT molecular complexity index is 932. The van der Waals surface area contributed by atoms with Crippen LogP contribution in [0.15, 0.2) is 29.1 Å². The van der Waals surface area contributed by atoms with Crippen LogP contribution in [0.5, 0.6) is 0 Å². The molecule has 124 valence electrons. The van der Waals surface area contributed by atoms with Crippen molar-refractivity contribution in [2.75, 3.05) is 5.32 Å². The molecule has 0 saturated heterocycles. The van der Waals surface area contributed by atoms with E-state index in [4.69, 9.17) is 0 Å². The number of nitrogens with zero attached hydrogens (tertiary/aromatic N) is 3. The van der Waals surface area contributed by atoms with Gasteiger partial charge in [-0.1, -0.05) is 26.3 Å². The number of hydrogen-bond acceptors (Lipinski definition) is 5. The SMILES string of the molecule is CCCc1cc(=O)[nH]c(Nc2nc(C)c3cc(CC)ccc3n2)n1. The Balaban J connectivity index is 1.97. The number of aromatic amines is 1. The molecule has 3 aromatic rings. The lowest BCUT2D eigenvalue weighted by molar-refractivity contribution is 0.869. The van der Waals surface area contributed by atoms with Crippen molar-refractivity contribution in [2.24, 2.45) is 0 Å². The summed E-state index contributed by atoms with van der Waals surface area (Å²) >= 11 is 0. The molecular formula is C18H21N5O. The maximum atomic E-state index is 11.7. The minimum atomic E-state index is -0.180. The Morgan fingerprint density at radius 3 is 2.71 bits per heavy atom. The van der Waals surface area contributed by atoms with Crippen LogP contribution in [0.2, 0.25) is 0 Å². The van der Waals surface area contributed by atoms with Gasteiger partial charge in [-0.25, -0.2) is 15.0 Å². The first-order chi connectivity index (χ1) is 11.6. The molecule has 0 bridgehead atoms. The minimum Gasteiger partial charge on any atom is -0.294 e. The lowest BCUT2D eigenvalue weighted by Gasteiger charge is -2.09. The van der Waals surface area contributed by atoms with Gasteiger partial charge in [0.05, 0.1) is 11.2 Å². The standard InChI is InChI=1S/C18H21N5O/c1-4-6-13-10-16(24)22-18(20-13)23-17-19-11(3)14-9-12(5-2)7-8-15(14)21-17/h7-10H,4-6H2,1-3H3,(H2,19,20,21,22,23,24). The molecule has 0 atom stereocenters. The third-order valence-electron chi connectivity index (χ3n) is 3.89. The number of fused-ring (bicyclic) bond motifs is 1. The largest absolute Gasteiger partial charge is 0.294 e. The van der Waals surface area contributed by atoms with Crippen LogP contribution in [0, 0.1) is 6.92 Å². The highest BCUT2D eigenvalue weighted by molar-refractivity contribution is 5.82. The zero-order chi connectivity index (χ0) is 17.1. The van der Waals surface area contributed by atoms with E-state index in [1.807, 2.05) is 13.0 Å². The van der Waals surface area contributed by atoms with Crippen LogP contribution in [0.3, 0.4) is 0 Å². The summed E-state index contributed by atoms with van der Waals surface area (Å²) in [6.07, 6.45) is 2.67. The molecule has 2 N–H and O–H groups in total. The third-order valence-corrected chi connectivity index (χ3v) is 3.89. The first-order valence-electron chi connectivity index (χ1n) is 8.23. The van der Waals surface area contributed by atoms with Crippen molar-refractivity contribution in [3.05, 3.63) is 51.6 Å². The van der Waals surface area contributed by atoms with E-state index >= 15 is 0 Å². The normalized spacial score (nSPS) is 11.0. The Labute approximate surface area is 140 Å². The van der Waals surface area contributed by atoms with E-state index in [1.165, 1.54) is 11.6 Å². The van der Waals surface area contributed by atoms with E-state index in [2.05, 4.69) is 51.2 Å². The molecule has 2 heterocycles. The smallest absolute Gasteiger partial charge is 0.252 e. The highest BCUT2D eigenvalue weighted by Gasteiger charge is 2.08.